The van der Waals surface area contributed by atoms with Gasteiger partial charge in [0.1, 0.15) is 5.69 Å². The van der Waals surface area contributed by atoms with Gasteiger partial charge in [-0.3, -0.25) is 9.48 Å². The number of hydrogen-bond acceptors (Lipinski definition) is 3. The Morgan fingerprint density at radius 1 is 1.27 bits per heavy atom. The topological polar surface area (TPSA) is 72.9 Å². The summed E-state index contributed by atoms with van der Waals surface area (Å²) in [4.78, 5) is 12.3. The Kier molecular flexibility index (Phi) is 4.54. The van der Waals surface area contributed by atoms with Crippen molar-refractivity contribution in [2.24, 2.45) is 7.05 Å². The number of hydrogen-bond donors (Lipinski definition) is 2. The molecule has 0 fully saturated rings. The van der Waals surface area contributed by atoms with Gasteiger partial charge in [0, 0.05) is 24.7 Å². The molecule has 1 aromatic heterocycles. The SMILES string of the molecule is Cn1nc(C(C)(C)C)cc1C(=O)NCCc1ccc(N)cc1. The molecule has 0 saturated heterocycles. The third-order valence-electron chi connectivity index (χ3n) is 3.56. The summed E-state index contributed by atoms with van der Waals surface area (Å²) in [6, 6.07) is 9.55. The summed E-state index contributed by atoms with van der Waals surface area (Å²) in [5.74, 6) is -0.0963. The Balaban J connectivity index is 1.95. The van der Waals surface area contributed by atoms with Crippen molar-refractivity contribution in [1.29, 1.82) is 0 Å². The van der Waals surface area contributed by atoms with Crippen molar-refractivity contribution in [3.05, 3.63) is 47.3 Å². The van der Waals surface area contributed by atoms with Gasteiger partial charge >= 0.3 is 0 Å². The lowest BCUT2D eigenvalue weighted by atomic mass is 9.92. The number of amides is 1. The third-order valence-corrected chi connectivity index (χ3v) is 3.56. The minimum atomic E-state index is -0.0963. The van der Waals surface area contributed by atoms with E-state index in [9.17, 15) is 4.79 Å². The normalized spacial score (nSPS) is 11.5. The second-order valence-corrected chi connectivity index (χ2v) is 6.54. The van der Waals surface area contributed by atoms with Gasteiger partial charge in [-0.05, 0) is 30.2 Å². The zero-order valence-electron chi connectivity index (χ0n) is 13.7. The van der Waals surface area contributed by atoms with Gasteiger partial charge in [0.15, 0.2) is 0 Å². The fraction of sp³-hybridized carbons (Fsp3) is 0.412. The highest BCUT2D eigenvalue weighted by Crippen LogP contribution is 2.21. The van der Waals surface area contributed by atoms with E-state index in [1.807, 2.05) is 30.3 Å². The van der Waals surface area contributed by atoms with E-state index < -0.39 is 0 Å². The molecule has 0 bridgehead atoms. The summed E-state index contributed by atoms with van der Waals surface area (Å²) < 4.78 is 1.64. The van der Waals surface area contributed by atoms with Crippen molar-refractivity contribution in [1.82, 2.24) is 15.1 Å². The molecule has 3 N–H and O–H groups in total. The zero-order valence-corrected chi connectivity index (χ0v) is 13.7. The number of nitrogens with zero attached hydrogens (tertiary/aromatic N) is 2. The molecule has 0 atom stereocenters. The average molecular weight is 300 g/mol. The van der Waals surface area contributed by atoms with E-state index in [0.717, 1.165) is 23.4 Å². The molecule has 0 unspecified atom stereocenters. The minimum absolute atomic E-state index is 0.0692. The Hall–Kier alpha value is -2.30. The maximum absolute atomic E-state index is 12.3. The fourth-order valence-electron chi connectivity index (χ4n) is 2.14. The summed E-state index contributed by atoms with van der Waals surface area (Å²) in [5.41, 5.74) is 8.98. The summed E-state index contributed by atoms with van der Waals surface area (Å²) in [6.07, 6.45) is 0.774. The van der Waals surface area contributed by atoms with Crippen molar-refractivity contribution >= 4 is 11.6 Å². The highest BCUT2D eigenvalue weighted by molar-refractivity contribution is 5.92. The molecule has 1 aromatic carbocycles. The molecule has 5 nitrogen and oxygen atoms in total. The number of benzene rings is 1. The second kappa shape index (κ2) is 6.22. The van der Waals surface area contributed by atoms with E-state index in [2.05, 4.69) is 31.2 Å². The molecule has 22 heavy (non-hydrogen) atoms. The lowest BCUT2D eigenvalue weighted by molar-refractivity contribution is 0.0944. The zero-order chi connectivity index (χ0) is 16.3. The highest BCUT2D eigenvalue weighted by Gasteiger charge is 2.21. The van der Waals surface area contributed by atoms with Crippen molar-refractivity contribution in [2.45, 2.75) is 32.6 Å². The van der Waals surface area contributed by atoms with Gasteiger partial charge < -0.3 is 11.1 Å². The van der Waals surface area contributed by atoms with E-state index in [1.165, 1.54) is 0 Å². The van der Waals surface area contributed by atoms with Crippen LogP contribution in [0.4, 0.5) is 5.69 Å². The van der Waals surface area contributed by atoms with Crippen LogP contribution in [0.2, 0.25) is 0 Å². The van der Waals surface area contributed by atoms with Crippen LogP contribution in [-0.2, 0) is 18.9 Å². The number of rotatable bonds is 4. The Bertz CT molecular complexity index is 650. The van der Waals surface area contributed by atoms with Crippen LogP contribution in [0.5, 0.6) is 0 Å². The Labute approximate surface area is 131 Å². The molecule has 0 radical (unpaired) electrons. The number of nitrogen functional groups attached to an aromatic ring is 1. The molecule has 1 heterocycles. The van der Waals surface area contributed by atoms with E-state index in [1.54, 1.807) is 11.7 Å². The van der Waals surface area contributed by atoms with Gasteiger partial charge in [-0.1, -0.05) is 32.9 Å². The number of aryl methyl sites for hydroxylation is 1. The first-order chi connectivity index (χ1) is 10.3. The summed E-state index contributed by atoms with van der Waals surface area (Å²) in [5, 5.41) is 7.36. The second-order valence-electron chi connectivity index (χ2n) is 6.54. The van der Waals surface area contributed by atoms with Crippen LogP contribution in [0.15, 0.2) is 30.3 Å². The molecule has 0 spiro atoms. The summed E-state index contributed by atoms with van der Waals surface area (Å²) in [7, 11) is 1.80. The van der Waals surface area contributed by atoms with Crippen LogP contribution in [0.1, 0.15) is 42.5 Å². The highest BCUT2D eigenvalue weighted by atomic mass is 16.2. The molecule has 1 amide bonds. The van der Waals surface area contributed by atoms with Gasteiger partial charge in [-0.15, -0.1) is 0 Å². The summed E-state index contributed by atoms with van der Waals surface area (Å²) >= 11 is 0. The molecule has 118 valence electrons. The molecule has 2 aromatic rings. The van der Waals surface area contributed by atoms with E-state index in [4.69, 9.17) is 5.73 Å². The predicted molar refractivity (Wildman–Crippen MR) is 88.8 cm³/mol. The quantitative estimate of drug-likeness (QED) is 0.851. The van der Waals surface area contributed by atoms with Gasteiger partial charge in [-0.2, -0.15) is 5.10 Å². The van der Waals surface area contributed by atoms with Crippen LogP contribution in [-0.4, -0.2) is 22.2 Å². The number of carbonyl (C=O) groups excluding carboxylic acids is 1. The smallest absolute Gasteiger partial charge is 0.269 e. The van der Waals surface area contributed by atoms with Crippen LogP contribution in [0, 0.1) is 0 Å². The first-order valence-electron chi connectivity index (χ1n) is 7.44. The third kappa shape index (κ3) is 3.87. The molecule has 0 aliphatic carbocycles. The van der Waals surface area contributed by atoms with E-state index in [0.29, 0.717) is 12.2 Å². The number of anilines is 1. The number of nitrogens with two attached hydrogens (primary N) is 1. The molecule has 0 saturated carbocycles. The predicted octanol–water partition coefficient (Wildman–Crippen LogP) is 2.27. The fourth-order valence-corrected chi connectivity index (χ4v) is 2.14. The average Bonchev–Trinajstić information content (AvgIpc) is 2.83. The molecule has 5 heteroatoms. The van der Waals surface area contributed by atoms with Crippen molar-refractivity contribution in [2.75, 3.05) is 12.3 Å². The molecule has 2 rings (SSSR count). The minimum Gasteiger partial charge on any atom is -0.399 e. The van der Waals surface area contributed by atoms with Crippen molar-refractivity contribution in [3.63, 3.8) is 0 Å². The number of aromatic nitrogens is 2. The molecule has 0 aliphatic rings. The monoisotopic (exact) mass is 300 g/mol. The summed E-state index contributed by atoms with van der Waals surface area (Å²) in [6.45, 7) is 6.83. The standard InChI is InChI=1S/C17H24N4O/c1-17(2,3)15-11-14(21(4)20-15)16(22)19-10-9-12-5-7-13(18)8-6-12/h5-8,11H,9-10,18H2,1-4H3,(H,19,22). The molecular weight excluding hydrogens is 276 g/mol. The largest absolute Gasteiger partial charge is 0.399 e. The Morgan fingerprint density at radius 2 is 1.91 bits per heavy atom. The van der Waals surface area contributed by atoms with E-state index in [-0.39, 0.29) is 11.3 Å². The van der Waals surface area contributed by atoms with Crippen LogP contribution >= 0.6 is 0 Å². The maximum Gasteiger partial charge on any atom is 0.269 e. The lowest BCUT2D eigenvalue weighted by Gasteiger charge is -2.13. The lowest BCUT2D eigenvalue weighted by Crippen LogP contribution is -2.27. The first-order valence-corrected chi connectivity index (χ1v) is 7.44. The molecular formula is C17H24N4O. The van der Waals surface area contributed by atoms with Crippen LogP contribution < -0.4 is 11.1 Å². The molecule has 0 aliphatic heterocycles. The first kappa shape index (κ1) is 16.1. The van der Waals surface area contributed by atoms with Gasteiger partial charge in [0.05, 0.1) is 5.69 Å². The van der Waals surface area contributed by atoms with Crippen molar-refractivity contribution in [3.8, 4) is 0 Å². The van der Waals surface area contributed by atoms with Gasteiger partial charge in [-0.25, -0.2) is 0 Å². The van der Waals surface area contributed by atoms with Gasteiger partial charge in [0.25, 0.3) is 5.91 Å². The van der Waals surface area contributed by atoms with Crippen LogP contribution in [0.3, 0.4) is 0 Å². The van der Waals surface area contributed by atoms with Crippen molar-refractivity contribution < 1.29 is 4.79 Å². The van der Waals surface area contributed by atoms with Gasteiger partial charge in [0.2, 0.25) is 0 Å². The number of nitrogens with one attached hydrogen (secondary N) is 1. The van der Waals surface area contributed by atoms with E-state index >= 15 is 0 Å². The number of carbonyl (C=O) groups is 1. The van der Waals surface area contributed by atoms with Crippen LogP contribution in [0.25, 0.3) is 0 Å². The maximum atomic E-state index is 12.3. The Morgan fingerprint density at radius 3 is 2.45 bits per heavy atom.